The molecule has 0 aromatic heterocycles. The molecule has 0 aromatic carbocycles. The van der Waals surface area contributed by atoms with Crippen LogP contribution in [0, 0.1) is 0 Å². The molecule has 0 aromatic rings. The summed E-state index contributed by atoms with van der Waals surface area (Å²) in [5.74, 6) is -0.850. The van der Waals surface area contributed by atoms with E-state index in [0.29, 0.717) is 6.54 Å². The van der Waals surface area contributed by atoms with Crippen molar-refractivity contribution in [1.82, 2.24) is 9.80 Å². The normalized spacial score (nSPS) is 14.6. The molecule has 92 valence electrons. The van der Waals surface area contributed by atoms with E-state index in [0.717, 1.165) is 25.8 Å². The SMILES string of the molecule is CCCN(C)C(=O)N(CCC(=O)O)C1CC1. The highest BCUT2D eigenvalue weighted by atomic mass is 16.4. The lowest BCUT2D eigenvalue weighted by Crippen LogP contribution is -2.43. The third kappa shape index (κ3) is 3.72. The number of aliphatic carboxylic acids is 1. The second-order valence-corrected chi connectivity index (χ2v) is 4.27. The largest absolute Gasteiger partial charge is 0.481 e. The molecule has 2 amide bonds. The Morgan fingerprint density at radius 2 is 1.94 bits per heavy atom. The van der Waals surface area contributed by atoms with Crippen LogP contribution in [0.1, 0.15) is 32.6 Å². The third-order valence-corrected chi connectivity index (χ3v) is 2.69. The molecule has 1 aliphatic rings. The average Bonchev–Trinajstić information content (AvgIpc) is 3.01. The van der Waals surface area contributed by atoms with Gasteiger partial charge in [-0.15, -0.1) is 0 Å². The molecule has 0 bridgehead atoms. The highest BCUT2D eigenvalue weighted by Crippen LogP contribution is 2.27. The van der Waals surface area contributed by atoms with Crippen molar-refractivity contribution in [2.75, 3.05) is 20.1 Å². The van der Waals surface area contributed by atoms with Gasteiger partial charge in [-0.1, -0.05) is 6.92 Å². The van der Waals surface area contributed by atoms with Crippen LogP contribution in [0.3, 0.4) is 0 Å². The lowest BCUT2D eigenvalue weighted by Gasteiger charge is -2.27. The summed E-state index contributed by atoms with van der Waals surface area (Å²) >= 11 is 0. The number of rotatable bonds is 6. The fourth-order valence-electron chi connectivity index (χ4n) is 1.69. The van der Waals surface area contributed by atoms with Crippen molar-refractivity contribution in [3.8, 4) is 0 Å². The monoisotopic (exact) mass is 228 g/mol. The first kappa shape index (κ1) is 12.8. The minimum atomic E-state index is -0.850. The van der Waals surface area contributed by atoms with Gasteiger partial charge in [0.1, 0.15) is 0 Å². The van der Waals surface area contributed by atoms with E-state index in [1.54, 1.807) is 16.8 Å². The van der Waals surface area contributed by atoms with E-state index in [1.807, 2.05) is 6.92 Å². The van der Waals surface area contributed by atoms with Gasteiger partial charge in [-0.3, -0.25) is 4.79 Å². The van der Waals surface area contributed by atoms with Gasteiger partial charge < -0.3 is 14.9 Å². The first-order valence-electron chi connectivity index (χ1n) is 5.79. The van der Waals surface area contributed by atoms with Gasteiger partial charge in [-0.25, -0.2) is 4.79 Å². The van der Waals surface area contributed by atoms with Crippen LogP contribution in [0.25, 0.3) is 0 Å². The van der Waals surface area contributed by atoms with Crippen LogP contribution in [0.2, 0.25) is 0 Å². The van der Waals surface area contributed by atoms with Crippen molar-refractivity contribution < 1.29 is 14.7 Å². The Morgan fingerprint density at radius 3 is 2.38 bits per heavy atom. The minimum absolute atomic E-state index is 0.0300. The molecular formula is C11H20N2O3. The number of carboxylic acid groups (broad SMARTS) is 1. The summed E-state index contributed by atoms with van der Waals surface area (Å²) in [6, 6.07) is 0.233. The molecule has 1 N–H and O–H groups in total. The molecule has 0 unspecified atom stereocenters. The summed E-state index contributed by atoms with van der Waals surface area (Å²) in [6.45, 7) is 3.06. The van der Waals surface area contributed by atoms with Gasteiger partial charge in [0, 0.05) is 26.2 Å². The molecule has 16 heavy (non-hydrogen) atoms. The predicted octanol–water partition coefficient (Wildman–Crippen LogP) is 1.39. The molecule has 5 nitrogen and oxygen atoms in total. The zero-order valence-corrected chi connectivity index (χ0v) is 9.98. The van der Waals surface area contributed by atoms with Crippen LogP contribution in [-0.4, -0.2) is 53.1 Å². The van der Waals surface area contributed by atoms with Gasteiger partial charge in [-0.2, -0.15) is 0 Å². The molecule has 0 aliphatic heterocycles. The molecule has 5 heteroatoms. The van der Waals surface area contributed by atoms with Crippen molar-refractivity contribution in [3.05, 3.63) is 0 Å². The standard InChI is InChI=1S/C11H20N2O3/c1-3-7-12(2)11(16)13(9-4-5-9)8-6-10(14)15/h9H,3-8H2,1-2H3,(H,14,15). The van der Waals surface area contributed by atoms with Crippen molar-refractivity contribution in [2.45, 2.75) is 38.6 Å². The first-order valence-corrected chi connectivity index (χ1v) is 5.79. The van der Waals surface area contributed by atoms with E-state index >= 15 is 0 Å². The minimum Gasteiger partial charge on any atom is -0.481 e. The number of urea groups is 1. The maximum absolute atomic E-state index is 12.0. The van der Waals surface area contributed by atoms with Gasteiger partial charge in [0.2, 0.25) is 0 Å². The quantitative estimate of drug-likeness (QED) is 0.747. The fraction of sp³-hybridized carbons (Fsp3) is 0.818. The second kappa shape index (κ2) is 5.72. The lowest BCUT2D eigenvalue weighted by molar-refractivity contribution is -0.137. The third-order valence-electron chi connectivity index (χ3n) is 2.69. The zero-order chi connectivity index (χ0) is 12.1. The van der Waals surface area contributed by atoms with Crippen molar-refractivity contribution in [2.24, 2.45) is 0 Å². The Morgan fingerprint density at radius 1 is 1.31 bits per heavy atom. The summed E-state index contributed by atoms with van der Waals surface area (Å²) in [7, 11) is 1.77. The number of carbonyl (C=O) groups excluding carboxylic acids is 1. The van der Waals surface area contributed by atoms with Crippen LogP contribution in [0.4, 0.5) is 4.79 Å². The zero-order valence-electron chi connectivity index (χ0n) is 9.98. The van der Waals surface area contributed by atoms with E-state index < -0.39 is 5.97 Å². The Balaban J connectivity index is 2.48. The van der Waals surface area contributed by atoms with Gasteiger partial charge >= 0.3 is 12.0 Å². The Labute approximate surface area is 96.0 Å². The van der Waals surface area contributed by atoms with Crippen molar-refractivity contribution in [1.29, 1.82) is 0 Å². The Kier molecular flexibility index (Phi) is 4.58. The van der Waals surface area contributed by atoms with Crippen molar-refractivity contribution >= 4 is 12.0 Å². The van der Waals surface area contributed by atoms with Crippen LogP contribution in [-0.2, 0) is 4.79 Å². The molecule has 0 heterocycles. The summed E-state index contributed by atoms with van der Waals surface area (Å²) in [5, 5.41) is 8.64. The van der Waals surface area contributed by atoms with E-state index in [2.05, 4.69) is 0 Å². The fourth-order valence-corrected chi connectivity index (χ4v) is 1.69. The Bertz CT molecular complexity index is 264. The van der Waals surface area contributed by atoms with Crippen molar-refractivity contribution in [3.63, 3.8) is 0 Å². The second-order valence-electron chi connectivity index (χ2n) is 4.27. The number of carbonyl (C=O) groups is 2. The van der Waals surface area contributed by atoms with Gasteiger partial charge in [-0.05, 0) is 19.3 Å². The maximum atomic E-state index is 12.0. The molecule has 1 fully saturated rings. The highest BCUT2D eigenvalue weighted by molar-refractivity contribution is 5.76. The van der Waals surface area contributed by atoms with E-state index in [-0.39, 0.29) is 18.5 Å². The lowest BCUT2D eigenvalue weighted by atomic mass is 10.3. The number of hydrogen-bond acceptors (Lipinski definition) is 2. The molecule has 1 saturated carbocycles. The molecule has 0 spiro atoms. The highest BCUT2D eigenvalue weighted by Gasteiger charge is 2.33. The molecular weight excluding hydrogens is 208 g/mol. The van der Waals surface area contributed by atoms with Gasteiger partial charge in [0.15, 0.2) is 0 Å². The number of carboxylic acids is 1. The summed E-state index contributed by atoms with van der Waals surface area (Å²) in [6.07, 6.45) is 2.96. The van der Waals surface area contributed by atoms with E-state index in [9.17, 15) is 9.59 Å². The van der Waals surface area contributed by atoms with Crippen LogP contribution < -0.4 is 0 Å². The summed E-state index contributed by atoms with van der Waals surface area (Å²) < 4.78 is 0. The smallest absolute Gasteiger partial charge is 0.320 e. The van der Waals surface area contributed by atoms with Gasteiger partial charge in [0.05, 0.1) is 6.42 Å². The van der Waals surface area contributed by atoms with Crippen LogP contribution >= 0.6 is 0 Å². The first-order chi connectivity index (χ1) is 7.56. The van der Waals surface area contributed by atoms with Gasteiger partial charge in [0.25, 0.3) is 0 Å². The molecule has 0 saturated heterocycles. The predicted molar refractivity (Wildman–Crippen MR) is 60.3 cm³/mol. The number of hydrogen-bond donors (Lipinski definition) is 1. The Hall–Kier alpha value is -1.26. The maximum Gasteiger partial charge on any atom is 0.320 e. The summed E-state index contributed by atoms with van der Waals surface area (Å²) in [5.41, 5.74) is 0. The van der Waals surface area contributed by atoms with Crippen LogP contribution in [0.5, 0.6) is 0 Å². The molecule has 1 aliphatic carbocycles. The topological polar surface area (TPSA) is 60.9 Å². The molecule has 1 rings (SSSR count). The number of nitrogens with zero attached hydrogens (tertiary/aromatic N) is 2. The van der Waals surface area contributed by atoms with Crippen LogP contribution in [0.15, 0.2) is 0 Å². The summed E-state index contributed by atoms with van der Waals surface area (Å²) in [4.78, 5) is 25.9. The van der Waals surface area contributed by atoms with E-state index in [1.165, 1.54) is 0 Å². The molecule has 0 radical (unpaired) electrons. The van der Waals surface area contributed by atoms with E-state index in [4.69, 9.17) is 5.11 Å². The number of amides is 2. The average molecular weight is 228 g/mol. The molecule has 0 atom stereocenters.